The van der Waals surface area contributed by atoms with Crippen molar-refractivity contribution in [3.05, 3.63) is 99.8 Å². The topological polar surface area (TPSA) is 6.48 Å². The molecule has 0 bridgehead atoms. The van der Waals surface area contributed by atoms with Gasteiger partial charge in [-0.1, -0.05) is 98.9 Å². The molecule has 0 aromatic heterocycles. The molecule has 1 aliphatic heterocycles. The highest BCUT2D eigenvalue weighted by molar-refractivity contribution is 5.79. The lowest BCUT2D eigenvalue weighted by Crippen LogP contribution is -2.35. The Balaban J connectivity index is 1.68. The highest BCUT2D eigenvalue weighted by Crippen LogP contribution is 2.36. The predicted molar refractivity (Wildman–Crippen MR) is 180 cm³/mol. The normalized spacial score (nSPS) is 18.4. The third-order valence-corrected chi connectivity index (χ3v) is 9.92. The summed E-state index contributed by atoms with van der Waals surface area (Å²) in [5.74, 6) is 1.22. The van der Waals surface area contributed by atoms with Crippen LogP contribution in [0.1, 0.15) is 118 Å². The summed E-state index contributed by atoms with van der Waals surface area (Å²) in [5, 5.41) is 0. The van der Waals surface area contributed by atoms with E-state index in [2.05, 4.69) is 114 Å². The maximum atomic E-state index is 4.41. The van der Waals surface area contributed by atoms with Crippen LogP contribution in [0.3, 0.4) is 0 Å². The SMILES string of the molecule is C=C(/C=C\C(=C(/C)CN(C)C(C)C(CC)c1cc(C)cc(C)c1)c1cc(C2CCCCC2)ccc1CC)N1CCC1. The Morgan fingerprint density at radius 2 is 1.66 bits per heavy atom. The highest BCUT2D eigenvalue weighted by Gasteiger charge is 2.24. The summed E-state index contributed by atoms with van der Waals surface area (Å²) in [7, 11) is 2.32. The summed E-state index contributed by atoms with van der Waals surface area (Å²) in [6.07, 6.45) is 14.9. The quantitative estimate of drug-likeness (QED) is 0.242. The largest absolute Gasteiger partial charge is 0.372 e. The second-order valence-electron chi connectivity index (χ2n) is 13.1. The Bertz CT molecular complexity index is 1220. The number of benzene rings is 2. The van der Waals surface area contributed by atoms with Gasteiger partial charge in [0.05, 0.1) is 0 Å². The lowest BCUT2D eigenvalue weighted by Gasteiger charge is -2.34. The minimum Gasteiger partial charge on any atom is -0.372 e. The summed E-state index contributed by atoms with van der Waals surface area (Å²) < 4.78 is 0. The molecule has 2 heteroatoms. The van der Waals surface area contributed by atoms with Crippen LogP contribution < -0.4 is 0 Å². The van der Waals surface area contributed by atoms with E-state index >= 15 is 0 Å². The van der Waals surface area contributed by atoms with Crippen molar-refractivity contribution in [2.75, 3.05) is 26.7 Å². The lowest BCUT2D eigenvalue weighted by atomic mass is 9.81. The van der Waals surface area contributed by atoms with Gasteiger partial charge in [-0.25, -0.2) is 0 Å². The lowest BCUT2D eigenvalue weighted by molar-refractivity contribution is 0.239. The molecule has 4 rings (SSSR count). The number of nitrogens with zero attached hydrogens (tertiary/aromatic N) is 2. The zero-order chi connectivity index (χ0) is 29.5. The van der Waals surface area contributed by atoms with Gasteiger partial charge in [0.2, 0.25) is 0 Å². The Kier molecular flexibility index (Phi) is 11.1. The number of hydrogen-bond acceptors (Lipinski definition) is 2. The predicted octanol–water partition coefficient (Wildman–Crippen LogP) is 9.98. The number of likely N-dealkylation sites (tertiary alicyclic amines) is 1. The fourth-order valence-electron chi connectivity index (χ4n) is 7.18. The van der Waals surface area contributed by atoms with Gasteiger partial charge in [-0.3, -0.25) is 4.90 Å². The third-order valence-electron chi connectivity index (χ3n) is 9.92. The first-order valence-corrected chi connectivity index (χ1v) is 16.4. The van der Waals surface area contributed by atoms with Crippen molar-refractivity contribution in [2.45, 2.75) is 111 Å². The van der Waals surface area contributed by atoms with Crippen molar-refractivity contribution in [1.82, 2.24) is 9.80 Å². The van der Waals surface area contributed by atoms with Crippen molar-refractivity contribution in [2.24, 2.45) is 0 Å². The second kappa shape index (κ2) is 14.5. The van der Waals surface area contributed by atoms with E-state index in [9.17, 15) is 0 Å². The van der Waals surface area contributed by atoms with Gasteiger partial charge in [-0.2, -0.15) is 0 Å². The van der Waals surface area contributed by atoms with Crippen molar-refractivity contribution in [3.8, 4) is 0 Å². The zero-order valence-electron chi connectivity index (χ0n) is 27.2. The van der Waals surface area contributed by atoms with Gasteiger partial charge in [0.15, 0.2) is 0 Å². The molecule has 2 aromatic rings. The number of aryl methyl sites for hydroxylation is 3. The minimum absolute atomic E-state index is 0.441. The van der Waals surface area contributed by atoms with E-state index in [1.54, 1.807) is 5.56 Å². The van der Waals surface area contributed by atoms with Crippen LogP contribution in [0.25, 0.3) is 5.57 Å². The van der Waals surface area contributed by atoms with E-state index in [0.29, 0.717) is 17.9 Å². The fourth-order valence-corrected chi connectivity index (χ4v) is 7.18. The molecule has 1 saturated carbocycles. The van der Waals surface area contributed by atoms with Crippen molar-refractivity contribution in [1.29, 1.82) is 0 Å². The standard InChI is InChI=1S/C39H56N2/c1-9-33-18-19-35(34-15-12-11-13-16-34)26-39(33)38(20-17-31(6)41-21-14-22-41)30(5)27-40(8)32(7)37(10-2)36-24-28(3)23-29(4)25-36/h17-20,23-26,32,34,37H,6,9-16,21-22,27H2,1-5,7-8H3/b20-17-,38-30-. The van der Waals surface area contributed by atoms with Crippen LogP contribution in [0, 0.1) is 13.8 Å². The van der Waals surface area contributed by atoms with Gasteiger partial charge in [-0.15, -0.1) is 0 Å². The molecule has 1 aliphatic carbocycles. The van der Waals surface area contributed by atoms with Crippen molar-refractivity contribution in [3.63, 3.8) is 0 Å². The van der Waals surface area contributed by atoms with Crippen LogP contribution in [0.2, 0.25) is 0 Å². The van der Waals surface area contributed by atoms with Gasteiger partial charge >= 0.3 is 0 Å². The molecule has 2 atom stereocenters. The molecule has 41 heavy (non-hydrogen) atoms. The molecule has 0 N–H and O–H groups in total. The molecule has 1 heterocycles. The van der Waals surface area contributed by atoms with Crippen molar-refractivity contribution < 1.29 is 0 Å². The molecule has 2 nitrogen and oxygen atoms in total. The van der Waals surface area contributed by atoms with Crippen LogP contribution in [0.5, 0.6) is 0 Å². The monoisotopic (exact) mass is 552 g/mol. The molecule has 2 unspecified atom stereocenters. The molecule has 222 valence electrons. The van der Waals surface area contributed by atoms with Gasteiger partial charge < -0.3 is 4.90 Å². The molecule has 1 saturated heterocycles. The molecule has 0 radical (unpaired) electrons. The van der Waals surface area contributed by atoms with E-state index in [1.807, 2.05) is 0 Å². The maximum Gasteiger partial charge on any atom is 0.0293 e. The first-order chi connectivity index (χ1) is 19.7. The summed E-state index contributed by atoms with van der Waals surface area (Å²) in [6, 6.07) is 14.9. The number of allylic oxidation sites excluding steroid dienone is 3. The fraction of sp³-hybridized carbons (Fsp3) is 0.538. The van der Waals surface area contributed by atoms with Gasteiger partial charge in [0, 0.05) is 31.4 Å². The van der Waals surface area contributed by atoms with E-state index in [4.69, 9.17) is 0 Å². The highest BCUT2D eigenvalue weighted by atomic mass is 15.2. The Morgan fingerprint density at radius 3 is 2.24 bits per heavy atom. The number of rotatable bonds is 12. The van der Waals surface area contributed by atoms with E-state index < -0.39 is 0 Å². The summed E-state index contributed by atoms with van der Waals surface area (Å²) >= 11 is 0. The van der Waals surface area contributed by atoms with E-state index in [0.717, 1.165) is 38.2 Å². The minimum atomic E-state index is 0.441. The number of hydrogen-bond donors (Lipinski definition) is 0. The van der Waals surface area contributed by atoms with Gasteiger partial charge in [0.25, 0.3) is 0 Å². The Hall–Kier alpha value is -2.58. The van der Waals surface area contributed by atoms with Crippen LogP contribution in [-0.2, 0) is 6.42 Å². The first-order valence-electron chi connectivity index (χ1n) is 16.4. The average molecular weight is 553 g/mol. The Morgan fingerprint density at radius 1 is 0.976 bits per heavy atom. The molecule has 2 fully saturated rings. The molecule has 0 amide bonds. The summed E-state index contributed by atoms with van der Waals surface area (Å²) in [6.45, 7) is 21.5. The second-order valence-corrected chi connectivity index (χ2v) is 13.1. The molecular weight excluding hydrogens is 496 g/mol. The summed E-state index contributed by atoms with van der Waals surface area (Å²) in [4.78, 5) is 4.97. The smallest absolute Gasteiger partial charge is 0.0293 e. The molecule has 0 spiro atoms. The molecular formula is C39H56N2. The first kappa shape index (κ1) is 31.4. The van der Waals surface area contributed by atoms with E-state index in [-0.39, 0.29) is 0 Å². The molecule has 2 aromatic carbocycles. The van der Waals surface area contributed by atoms with Crippen molar-refractivity contribution >= 4 is 5.57 Å². The molecule has 2 aliphatic rings. The average Bonchev–Trinajstić information content (AvgIpc) is 2.92. The number of likely N-dealkylation sites (N-methyl/N-ethyl adjacent to an activating group) is 1. The summed E-state index contributed by atoms with van der Waals surface area (Å²) in [5.41, 5.74) is 12.6. The van der Waals surface area contributed by atoms with Crippen LogP contribution in [-0.4, -0.2) is 42.5 Å². The van der Waals surface area contributed by atoms with Gasteiger partial charge in [0.1, 0.15) is 0 Å². The Labute approximate surface area is 252 Å². The maximum absolute atomic E-state index is 4.41. The van der Waals surface area contributed by atoms with Gasteiger partial charge in [-0.05, 0) is 113 Å². The zero-order valence-corrected chi connectivity index (χ0v) is 27.2. The van der Waals surface area contributed by atoms with E-state index in [1.165, 1.54) is 77.5 Å². The third kappa shape index (κ3) is 7.83. The van der Waals surface area contributed by atoms with Crippen LogP contribution in [0.4, 0.5) is 0 Å². The van der Waals surface area contributed by atoms with Crippen LogP contribution >= 0.6 is 0 Å². The van der Waals surface area contributed by atoms with Crippen LogP contribution in [0.15, 0.2) is 66.4 Å².